The molecule has 0 unspecified atom stereocenters. The van der Waals surface area contributed by atoms with Crippen LogP contribution in [0.2, 0.25) is 0 Å². The SMILES string of the molecule is CCc1ccccc1C(=O)N[C@H](C(=O)OC)C(C)C. The lowest BCUT2D eigenvalue weighted by molar-refractivity contribution is -0.144. The molecule has 4 nitrogen and oxygen atoms in total. The molecule has 1 N–H and O–H groups in total. The zero-order valence-electron chi connectivity index (χ0n) is 11.9. The average molecular weight is 263 g/mol. The van der Waals surface area contributed by atoms with Crippen LogP contribution >= 0.6 is 0 Å². The second-order valence-corrected chi connectivity index (χ2v) is 4.73. The Kier molecular flexibility index (Phi) is 5.55. The van der Waals surface area contributed by atoms with E-state index < -0.39 is 12.0 Å². The van der Waals surface area contributed by atoms with Crippen molar-refractivity contribution in [1.29, 1.82) is 0 Å². The number of nitrogens with one attached hydrogen (secondary N) is 1. The molecule has 0 aromatic heterocycles. The van der Waals surface area contributed by atoms with Crippen LogP contribution < -0.4 is 5.32 Å². The summed E-state index contributed by atoms with van der Waals surface area (Å²) >= 11 is 0. The van der Waals surface area contributed by atoms with Crippen molar-refractivity contribution in [3.05, 3.63) is 35.4 Å². The number of hydrogen-bond acceptors (Lipinski definition) is 3. The minimum atomic E-state index is -0.623. The van der Waals surface area contributed by atoms with Crippen molar-refractivity contribution in [3.63, 3.8) is 0 Å². The first-order valence-electron chi connectivity index (χ1n) is 6.47. The molecular weight excluding hydrogens is 242 g/mol. The Bertz CT molecular complexity index is 454. The van der Waals surface area contributed by atoms with E-state index in [2.05, 4.69) is 5.32 Å². The number of benzene rings is 1. The van der Waals surface area contributed by atoms with Gasteiger partial charge in [0, 0.05) is 5.56 Å². The third kappa shape index (κ3) is 3.81. The van der Waals surface area contributed by atoms with Crippen LogP contribution in [0.25, 0.3) is 0 Å². The summed E-state index contributed by atoms with van der Waals surface area (Å²) in [6.07, 6.45) is 0.772. The number of aryl methyl sites for hydroxylation is 1. The molecule has 0 aliphatic heterocycles. The Morgan fingerprint density at radius 3 is 2.42 bits per heavy atom. The van der Waals surface area contributed by atoms with Gasteiger partial charge in [-0.1, -0.05) is 39.0 Å². The predicted molar refractivity (Wildman–Crippen MR) is 73.9 cm³/mol. The maximum atomic E-state index is 12.2. The monoisotopic (exact) mass is 263 g/mol. The Hall–Kier alpha value is -1.84. The Morgan fingerprint density at radius 1 is 1.26 bits per heavy atom. The van der Waals surface area contributed by atoms with Crippen molar-refractivity contribution >= 4 is 11.9 Å². The summed E-state index contributed by atoms with van der Waals surface area (Å²) in [5.41, 5.74) is 1.58. The van der Waals surface area contributed by atoms with Gasteiger partial charge in [0.2, 0.25) is 0 Å². The lowest BCUT2D eigenvalue weighted by atomic mass is 10.0. The van der Waals surface area contributed by atoms with Crippen molar-refractivity contribution in [2.24, 2.45) is 5.92 Å². The number of carbonyl (C=O) groups is 2. The van der Waals surface area contributed by atoms with Gasteiger partial charge in [0.05, 0.1) is 7.11 Å². The van der Waals surface area contributed by atoms with E-state index >= 15 is 0 Å². The fourth-order valence-corrected chi connectivity index (χ4v) is 1.89. The zero-order chi connectivity index (χ0) is 14.4. The molecule has 0 heterocycles. The highest BCUT2D eigenvalue weighted by atomic mass is 16.5. The van der Waals surface area contributed by atoms with Crippen molar-refractivity contribution in [2.45, 2.75) is 33.2 Å². The summed E-state index contributed by atoms with van der Waals surface area (Å²) in [5, 5.41) is 2.74. The topological polar surface area (TPSA) is 55.4 Å². The summed E-state index contributed by atoms with van der Waals surface area (Å²) < 4.78 is 4.71. The second kappa shape index (κ2) is 6.92. The molecule has 19 heavy (non-hydrogen) atoms. The third-order valence-electron chi connectivity index (χ3n) is 3.05. The first-order chi connectivity index (χ1) is 9.01. The first-order valence-corrected chi connectivity index (χ1v) is 6.47. The molecule has 0 aliphatic carbocycles. The minimum Gasteiger partial charge on any atom is -0.467 e. The molecule has 1 amide bonds. The van der Waals surface area contributed by atoms with Gasteiger partial charge in [-0.2, -0.15) is 0 Å². The van der Waals surface area contributed by atoms with Crippen molar-refractivity contribution < 1.29 is 14.3 Å². The Morgan fingerprint density at radius 2 is 1.89 bits per heavy atom. The van der Waals surface area contributed by atoms with Crippen LogP contribution in [0.1, 0.15) is 36.7 Å². The van der Waals surface area contributed by atoms with Gasteiger partial charge in [-0.15, -0.1) is 0 Å². The molecule has 0 fully saturated rings. The van der Waals surface area contributed by atoms with Crippen LogP contribution in [-0.2, 0) is 16.0 Å². The first kappa shape index (κ1) is 15.2. The molecule has 0 bridgehead atoms. The molecule has 4 heteroatoms. The van der Waals surface area contributed by atoms with E-state index in [1.807, 2.05) is 39.0 Å². The van der Waals surface area contributed by atoms with Crippen LogP contribution in [0.3, 0.4) is 0 Å². The summed E-state index contributed by atoms with van der Waals surface area (Å²) in [6.45, 7) is 5.73. The lowest BCUT2D eigenvalue weighted by Crippen LogP contribution is -2.45. The van der Waals surface area contributed by atoms with Crippen molar-refractivity contribution in [2.75, 3.05) is 7.11 Å². The molecule has 1 aromatic rings. The van der Waals surface area contributed by atoms with Gasteiger partial charge >= 0.3 is 5.97 Å². The van der Waals surface area contributed by atoms with Crippen molar-refractivity contribution in [3.8, 4) is 0 Å². The molecule has 1 aromatic carbocycles. The van der Waals surface area contributed by atoms with Gasteiger partial charge in [0.15, 0.2) is 0 Å². The lowest BCUT2D eigenvalue weighted by Gasteiger charge is -2.20. The standard InChI is InChI=1S/C15H21NO3/c1-5-11-8-6-7-9-12(11)14(17)16-13(10(2)3)15(18)19-4/h6-10,13H,5H2,1-4H3,(H,16,17)/t13-/m0/s1. The maximum Gasteiger partial charge on any atom is 0.328 e. The summed E-state index contributed by atoms with van der Waals surface area (Å²) in [4.78, 5) is 23.9. The summed E-state index contributed by atoms with van der Waals surface area (Å²) in [6, 6.07) is 6.77. The Labute approximate surface area is 114 Å². The van der Waals surface area contributed by atoms with Gasteiger partial charge in [0.1, 0.15) is 6.04 Å². The van der Waals surface area contributed by atoms with E-state index in [0.29, 0.717) is 5.56 Å². The third-order valence-corrected chi connectivity index (χ3v) is 3.05. The number of esters is 1. The summed E-state index contributed by atoms with van der Waals surface area (Å²) in [5.74, 6) is -0.677. The second-order valence-electron chi connectivity index (χ2n) is 4.73. The largest absolute Gasteiger partial charge is 0.467 e. The van der Waals surface area contributed by atoms with Crippen molar-refractivity contribution in [1.82, 2.24) is 5.32 Å². The molecule has 0 saturated carbocycles. The molecule has 0 saturated heterocycles. The number of rotatable bonds is 5. The minimum absolute atomic E-state index is 0.0230. The van der Waals surface area contributed by atoms with Gasteiger partial charge in [0.25, 0.3) is 5.91 Å². The van der Waals surface area contributed by atoms with Gasteiger partial charge in [-0.05, 0) is 24.0 Å². The van der Waals surface area contributed by atoms with Crippen LogP contribution in [0.5, 0.6) is 0 Å². The van der Waals surface area contributed by atoms with E-state index in [1.54, 1.807) is 6.07 Å². The molecule has 1 atom stereocenters. The Balaban J connectivity index is 2.91. The number of methoxy groups -OCH3 is 1. The highest BCUT2D eigenvalue weighted by molar-refractivity contribution is 5.98. The highest BCUT2D eigenvalue weighted by Crippen LogP contribution is 2.11. The van der Waals surface area contributed by atoms with Crippen LogP contribution in [0.15, 0.2) is 24.3 Å². The molecule has 0 spiro atoms. The van der Waals surface area contributed by atoms with E-state index in [-0.39, 0.29) is 11.8 Å². The normalized spacial score (nSPS) is 12.1. The number of carbonyl (C=O) groups excluding carboxylic acids is 2. The molecular formula is C15H21NO3. The van der Waals surface area contributed by atoms with E-state index in [1.165, 1.54) is 7.11 Å². The van der Waals surface area contributed by atoms with Gasteiger partial charge in [-0.25, -0.2) is 4.79 Å². The molecule has 104 valence electrons. The van der Waals surface area contributed by atoms with E-state index in [4.69, 9.17) is 4.74 Å². The highest BCUT2D eigenvalue weighted by Gasteiger charge is 2.25. The van der Waals surface area contributed by atoms with E-state index in [9.17, 15) is 9.59 Å². The van der Waals surface area contributed by atoms with Crippen LogP contribution in [0.4, 0.5) is 0 Å². The molecule has 0 radical (unpaired) electrons. The smallest absolute Gasteiger partial charge is 0.328 e. The van der Waals surface area contributed by atoms with E-state index in [0.717, 1.165) is 12.0 Å². The average Bonchev–Trinajstić information content (AvgIpc) is 2.43. The van der Waals surface area contributed by atoms with Gasteiger partial charge in [-0.3, -0.25) is 4.79 Å². The molecule has 0 aliphatic rings. The van der Waals surface area contributed by atoms with Gasteiger partial charge < -0.3 is 10.1 Å². The fraction of sp³-hybridized carbons (Fsp3) is 0.467. The maximum absolute atomic E-state index is 12.2. The summed E-state index contributed by atoms with van der Waals surface area (Å²) in [7, 11) is 1.32. The fourth-order valence-electron chi connectivity index (χ4n) is 1.89. The number of ether oxygens (including phenoxy) is 1. The van der Waals surface area contributed by atoms with Crippen LogP contribution in [0, 0.1) is 5.92 Å². The predicted octanol–water partition coefficient (Wildman–Crippen LogP) is 2.18. The van der Waals surface area contributed by atoms with Crippen LogP contribution in [-0.4, -0.2) is 25.0 Å². The number of amides is 1. The molecule has 1 rings (SSSR count). The quantitative estimate of drug-likeness (QED) is 0.828. The number of hydrogen-bond donors (Lipinski definition) is 1. The zero-order valence-corrected chi connectivity index (χ0v) is 11.9.